The predicted molar refractivity (Wildman–Crippen MR) is 63.7 cm³/mol. The van der Waals surface area contributed by atoms with Crippen molar-refractivity contribution < 1.29 is 9.59 Å². The molecule has 4 N–H and O–H groups in total. The summed E-state index contributed by atoms with van der Waals surface area (Å²) in [6, 6.07) is 8.00. The van der Waals surface area contributed by atoms with E-state index in [1.165, 1.54) is 0 Å². The summed E-state index contributed by atoms with van der Waals surface area (Å²) in [6.07, 6.45) is 0.919. The molecule has 2 amide bonds. The highest BCUT2D eigenvalue weighted by Gasteiger charge is 2.24. The van der Waals surface area contributed by atoms with Crippen LogP contribution in [0.5, 0.6) is 0 Å². The number of hydrogen-bond acceptors (Lipinski definition) is 4. The lowest BCUT2D eigenvalue weighted by molar-refractivity contribution is -0.120. The maximum Gasteiger partial charge on any atom is 0.236 e. The molecule has 1 aromatic rings. The van der Waals surface area contributed by atoms with E-state index >= 15 is 0 Å². The highest BCUT2D eigenvalue weighted by atomic mass is 16.2. The quantitative estimate of drug-likeness (QED) is 0.583. The lowest BCUT2D eigenvalue weighted by atomic mass is 9.99. The van der Waals surface area contributed by atoms with Gasteiger partial charge in [0.1, 0.15) is 0 Å². The number of carbonyl (C=O) groups excluding carboxylic acids is 2. The summed E-state index contributed by atoms with van der Waals surface area (Å²) in [4.78, 5) is 22.2. The van der Waals surface area contributed by atoms with Crippen molar-refractivity contribution in [3.63, 3.8) is 0 Å². The second kappa shape index (κ2) is 4.40. The molecule has 94 valence electrons. The van der Waals surface area contributed by atoms with Crippen LogP contribution in [0.3, 0.4) is 0 Å². The van der Waals surface area contributed by atoms with Gasteiger partial charge in [-0.25, -0.2) is 10.9 Å². The van der Waals surface area contributed by atoms with Gasteiger partial charge in [0.15, 0.2) is 0 Å². The highest BCUT2D eigenvalue weighted by molar-refractivity contribution is 5.79. The fraction of sp³-hybridized carbons (Fsp3) is 0.333. The second-order valence-electron chi connectivity index (χ2n) is 4.57. The van der Waals surface area contributed by atoms with Crippen LogP contribution in [0.15, 0.2) is 24.3 Å². The van der Waals surface area contributed by atoms with Crippen LogP contribution < -0.4 is 21.7 Å². The summed E-state index contributed by atoms with van der Waals surface area (Å²) >= 11 is 0. The molecule has 18 heavy (non-hydrogen) atoms. The van der Waals surface area contributed by atoms with Crippen molar-refractivity contribution in [2.75, 3.05) is 0 Å². The molecule has 2 aliphatic rings. The molecule has 0 saturated carbocycles. The fourth-order valence-corrected chi connectivity index (χ4v) is 2.27. The standard InChI is InChI=1S/C12H14N4O2/c17-11-5-9(13-15-11)7-1-2-8(4-3-7)10-6-12(18)16-14-10/h1-4,9-10,13-14H,5-6H2,(H,15,17)(H,16,18). The number of nitrogens with one attached hydrogen (secondary N) is 4. The molecule has 2 saturated heterocycles. The third-order valence-corrected chi connectivity index (χ3v) is 3.29. The zero-order valence-corrected chi connectivity index (χ0v) is 9.69. The third kappa shape index (κ3) is 2.07. The maximum atomic E-state index is 11.1. The van der Waals surface area contributed by atoms with Gasteiger partial charge in [-0.1, -0.05) is 24.3 Å². The molecule has 0 aliphatic carbocycles. The topological polar surface area (TPSA) is 82.3 Å². The van der Waals surface area contributed by atoms with Gasteiger partial charge < -0.3 is 0 Å². The monoisotopic (exact) mass is 246 g/mol. The molecule has 2 heterocycles. The summed E-state index contributed by atoms with van der Waals surface area (Å²) in [7, 11) is 0. The van der Waals surface area contributed by atoms with Crippen molar-refractivity contribution in [2.45, 2.75) is 24.9 Å². The van der Waals surface area contributed by atoms with Gasteiger partial charge in [0.05, 0.1) is 12.1 Å². The van der Waals surface area contributed by atoms with Gasteiger partial charge in [-0.05, 0) is 11.1 Å². The summed E-state index contributed by atoms with van der Waals surface area (Å²) in [5, 5.41) is 0. The number of hydrogen-bond donors (Lipinski definition) is 4. The number of rotatable bonds is 2. The van der Waals surface area contributed by atoms with Crippen LogP contribution in [0.1, 0.15) is 36.1 Å². The van der Waals surface area contributed by atoms with Gasteiger partial charge in [0, 0.05) is 12.8 Å². The molecule has 2 fully saturated rings. The van der Waals surface area contributed by atoms with E-state index in [0.29, 0.717) is 12.8 Å². The molecule has 1 aromatic carbocycles. The van der Waals surface area contributed by atoms with Crippen molar-refractivity contribution in [2.24, 2.45) is 0 Å². The first kappa shape index (κ1) is 11.2. The minimum Gasteiger partial charge on any atom is -0.291 e. The zero-order chi connectivity index (χ0) is 12.5. The van der Waals surface area contributed by atoms with Crippen molar-refractivity contribution in [3.05, 3.63) is 35.4 Å². The van der Waals surface area contributed by atoms with Gasteiger partial charge in [-0.15, -0.1) is 0 Å². The minimum absolute atomic E-state index is 0.0105. The Morgan fingerprint density at radius 3 is 1.44 bits per heavy atom. The summed E-state index contributed by atoms with van der Waals surface area (Å²) in [5.74, 6) is 0.0210. The number of benzene rings is 1. The van der Waals surface area contributed by atoms with E-state index < -0.39 is 0 Å². The van der Waals surface area contributed by atoms with E-state index in [1.807, 2.05) is 24.3 Å². The van der Waals surface area contributed by atoms with Crippen LogP contribution in [0, 0.1) is 0 Å². The molecule has 0 spiro atoms. The van der Waals surface area contributed by atoms with Crippen molar-refractivity contribution in [3.8, 4) is 0 Å². The summed E-state index contributed by atoms with van der Waals surface area (Å²) < 4.78 is 0. The van der Waals surface area contributed by atoms with Gasteiger partial charge in [0.25, 0.3) is 0 Å². The van der Waals surface area contributed by atoms with Crippen LogP contribution in [0.4, 0.5) is 0 Å². The number of carbonyl (C=O) groups is 2. The summed E-state index contributed by atoms with van der Waals surface area (Å²) in [5.41, 5.74) is 13.2. The molecule has 0 radical (unpaired) electrons. The Kier molecular flexibility index (Phi) is 2.73. The lowest BCUT2D eigenvalue weighted by Gasteiger charge is -2.12. The molecule has 2 unspecified atom stereocenters. The number of amides is 2. The average Bonchev–Trinajstić information content (AvgIpc) is 2.98. The molecule has 6 nitrogen and oxygen atoms in total. The van der Waals surface area contributed by atoms with E-state index in [-0.39, 0.29) is 23.9 Å². The van der Waals surface area contributed by atoms with Crippen molar-refractivity contribution in [1.82, 2.24) is 21.7 Å². The Labute approximate surface area is 104 Å². The zero-order valence-electron chi connectivity index (χ0n) is 9.69. The Balaban J connectivity index is 1.73. The largest absolute Gasteiger partial charge is 0.291 e. The minimum atomic E-state index is 0.0105. The second-order valence-corrected chi connectivity index (χ2v) is 4.57. The Morgan fingerprint density at radius 2 is 1.17 bits per heavy atom. The van der Waals surface area contributed by atoms with Crippen LogP contribution in [-0.2, 0) is 9.59 Å². The molecule has 0 bridgehead atoms. The maximum absolute atomic E-state index is 11.1. The smallest absolute Gasteiger partial charge is 0.236 e. The van der Waals surface area contributed by atoms with E-state index in [4.69, 9.17) is 0 Å². The SMILES string of the molecule is O=C1CC(c2ccc(C3CC(=O)NN3)cc2)NN1. The number of hydrazine groups is 2. The van der Waals surface area contributed by atoms with Crippen molar-refractivity contribution in [1.29, 1.82) is 0 Å². The van der Waals surface area contributed by atoms with E-state index in [1.54, 1.807) is 0 Å². The van der Waals surface area contributed by atoms with Gasteiger partial charge in [-0.3, -0.25) is 20.4 Å². The van der Waals surface area contributed by atoms with Crippen LogP contribution in [-0.4, -0.2) is 11.8 Å². The average molecular weight is 246 g/mol. The normalized spacial score (nSPS) is 27.1. The molecule has 0 aromatic heterocycles. The Bertz CT molecular complexity index is 440. The molecule has 2 aliphatic heterocycles. The van der Waals surface area contributed by atoms with Gasteiger partial charge in [0.2, 0.25) is 11.8 Å². The fourth-order valence-electron chi connectivity index (χ4n) is 2.27. The molecule has 6 heteroatoms. The van der Waals surface area contributed by atoms with Crippen LogP contribution >= 0.6 is 0 Å². The lowest BCUT2D eigenvalue weighted by Crippen LogP contribution is -2.28. The van der Waals surface area contributed by atoms with E-state index in [9.17, 15) is 9.59 Å². The molecule has 3 rings (SSSR count). The Hall–Kier alpha value is -1.92. The molecule has 2 atom stereocenters. The van der Waals surface area contributed by atoms with E-state index in [2.05, 4.69) is 21.7 Å². The van der Waals surface area contributed by atoms with E-state index in [0.717, 1.165) is 11.1 Å². The predicted octanol–water partition coefficient (Wildman–Crippen LogP) is -0.182. The first-order valence-corrected chi connectivity index (χ1v) is 5.91. The molecular weight excluding hydrogens is 232 g/mol. The van der Waals surface area contributed by atoms with Crippen LogP contribution in [0.2, 0.25) is 0 Å². The third-order valence-electron chi connectivity index (χ3n) is 3.29. The highest BCUT2D eigenvalue weighted by Crippen LogP contribution is 2.24. The van der Waals surface area contributed by atoms with Gasteiger partial charge >= 0.3 is 0 Å². The molecular formula is C12H14N4O2. The summed E-state index contributed by atoms with van der Waals surface area (Å²) in [6.45, 7) is 0. The van der Waals surface area contributed by atoms with Gasteiger partial charge in [-0.2, -0.15) is 0 Å². The van der Waals surface area contributed by atoms with Crippen molar-refractivity contribution >= 4 is 11.8 Å². The Morgan fingerprint density at radius 1 is 0.778 bits per heavy atom. The first-order valence-electron chi connectivity index (χ1n) is 5.91. The van der Waals surface area contributed by atoms with Crippen LogP contribution in [0.25, 0.3) is 0 Å². The first-order chi connectivity index (χ1) is 8.72.